The monoisotopic (exact) mass is 435 g/mol. The lowest BCUT2D eigenvalue weighted by Crippen LogP contribution is -2.18. The minimum absolute atomic E-state index is 0.163. The van der Waals surface area contributed by atoms with Gasteiger partial charge in [-0.15, -0.1) is 13.2 Å². The van der Waals surface area contributed by atoms with Crippen molar-refractivity contribution >= 4 is 23.4 Å². The lowest BCUT2D eigenvalue weighted by atomic mass is 10.2. The van der Waals surface area contributed by atoms with Gasteiger partial charge in [-0.1, -0.05) is 42.1 Å². The largest absolute Gasteiger partial charge is 0.573 e. The van der Waals surface area contributed by atoms with Gasteiger partial charge in [-0.3, -0.25) is 9.59 Å². The lowest BCUT2D eigenvalue weighted by molar-refractivity contribution is -0.274. The molecule has 1 heterocycles. The standard InChI is InChI=1S/C20H16F3N3O3S/c21-20(22,23)29-16-8-6-14(7-9-16)24-17(27)10-15-11-18(28)26-19(25-15)30-12-13-4-2-1-3-5-13/h1-9,11H,10,12H2,(H,24,27)(H,25,26,28). The summed E-state index contributed by atoms with van der Waals surface area (Å²) in [4.78, 5) is 31.0. The van der Waals surface area contributed by atoms with Gasteiger partial charge in [0, 0.05) is 17.5 Å². The number of amides is 1. The highest BCUT2D eigenvalue weighted by atomic mass is 32.2. The second-order valence-corrected chi connectivity index (χ2v) is 7.08. The molecule has 0 saturated heterocycles. The van der Waals surface area contributed by atoms with Gasteiger partial charge in [0.2, 0.25) is 5.91 Å². The number of nitrogens with zero attached hydrogens (tertiary/aromatic N) is 1. The number of H-pyrrole nitrogens is 1. The molecule has 6 nitrogen and oxygen atoms in total. The van der Waals surface area contributed by atoms with Gasteiger partial charge in [-0.05, 0) is 29.8 Å². The molecule has 1 aromatic heterocycles. The zero-order valence-electron chi connectivity index (χ0n) is 15.4. The number of aromatic nitrogens is 2. The third kappa shape index (κ3) is 6.96. The summed E-state index contributed by atoms with van der Waals surface area (Å²) >= 11 is 1.33. The Morgan fingerprint density at radius 2 is 1.80 bits per heavy atom. The van der Waals surface area contributed by atoms with Crippen LogP contribution in [0.4, 0.5) is 18.9 Å². The number of ether oxygens (including phenoxy) is 1. The maximum atomic E-state index is 12.2. The van der Waals surface area contributed by atoms with Crippen molar-refractivity contribution in [3.63, 3.8) is 0 Å². The average molecular weight is 435 g/mol. The Morgan fingerprint density at radius 3 is 2.47 bits per heavy atom. The maximum absolute atomic E-state index is 12.2. The summed E-state index contributed by atoms with van der Waals surface area (Å²) in [7, 11) is 0. The normalized spacial score (nSPS) is 11.2. The highest BCUT2D eigenvalue weighted by molar-refractivity contribution is 7.98. The summed E-state index contributed by atoms with van der Waals surface area (Å²) in [5.41, 5.74) is 1.25. The zero-order chi connectivity index (χ0) is 21.6. The number of rotatable bonds is 7. The SMILES string of the molecule is O=C(Cc1cc(=O)[nH]c(SCc2ccccc2)n1)Nc1ccc(OC(F)(F)F)cc1. The summed E-state index contributed by atoms with van der Waals surface area (Å²) in [6.07, 6.45) is -4.95. The molecule has 0 aliphatic heterocycles. The van der Waals surface area contributed by atoms with Gasteiger partial charge in [0.15, 0.2) is 5.16 Å². The number of benzene rings is 2. The molecule has 0 aliphatic carbocycles. The summed E-state index contributed by atoms with van der Waals surface area (Å²) in [6, 6.07) is 15.6. The van der Waals surface area contributed by atoms with Gasteiger partial charge in [0.05, 0.1) is 12.1 Å². The Morgan fingerprint density at radius 1 is 1.10 bits per heavy atom. The number of carbonyl (C=O) groups is 1. The second-order valence-electron chi connectivity index (χ2n) is 6.11. The molecule has 0 radical (unpaired) electrons. The highest BCUT2D eigenvalue weighted by Gasteiger charge is 2.30. The Balaban J connectivity index is 1.59. The third-order valence-electron chi connectivity index (χ3n) is 3.70. The van der Waals surface area contributed by atoms with E-state index in [1.807, 2.05) is 30.3 Å². The van der Waals surface area contributed by atoms with Crippen LogP contribution in [0, 0.1) is 0 Å². The first-order chi connectivity index (χ1) is 14.3. The van der Waals surface area contributed by atoms with E-state index < -0.39 is 18.0 Å². The van der Waals surface area contributed by atoms with Crippen LogP contribution < -0.4 is 15.6 Å². The molecule has 2 aromatic carbocycles. The van der Waals surface area contributed by atoms with Gasteiger partial charge in [-0.2, -0.15) is 0 Å². The summed E-state index contributed by atoms with van der Waals surface area (Å²) in [5, 5.41) is 2.93. The van der Waals surface area contributed by atoms with Gasteiger partial charge < -0.3 is 15.0 Å². The fraction of sp³-hybridized carbons (Fsp3) is 0.150. The smallest absolute Gasteiger partial charge is 0.406 e. The van der Waals surface area contributed by atoms with E-state index in [-0.39, 0.29) is 23.4 Å². The van der Waals surface area contributed by atoms with Crippen LogP contribution in [-0.4, -0.2) is 22.2 Å². The van der Waals surface area contributed by atoms with Crippen LogP contribution >= 0.6 is 11.8 Å². The third-order valence-corrected chi connectivity index (χ3v) is 4.65. The molecule has 0 unspecified atom stereocenters. The first kappa shape index (κ1) is 21.4. The van der Waals surface area contributed by atoms with Crippen molar-refractivity contribution < 1.29 is 22.7 Å². The molecule has 0 fully saturated rings. The van der Waals surface area contributed by atoms with E-state index in [1.54, 1.807) is 0 Å². The molecule has 0 spiro atoms. The number of thioether (sulfide) groups is 1. The Kier molecular flexibility index (Phi) is 6.78. The minimum Gasteiger partial charge on any atom is -0.406 e. The molecule has 0 atom stereocenters. The first-order valence-corrected chi connectivity index (χ1v) is 9.68. The van der Waals surface area contributed by atoms with Crippen LogP contribution in [0.3, 0.4) is 0 Å². The minimum atomic E-state index is -4.78. The van der Waals surface area contributed by atoms with E-state index in [4.69, 9.17) is 0 Å². The molecule has 0 saturated carbocycles. The van der Waals surface area contributed by atoms with Crippen LogP contribution in [-0.2, 0) is 17.0 Å². The van der Waals surface area contributed by atoms with Crippen LogP contribution in [0.2, 0.25) is 0 Å². The van der Waals surface area contributed by atoms with E-state index in [1.165, 1.54) is 30.0 Å². The number of nitrogens with one attached hydrogen (secondary N) is 2. The van der Waals surface area contributed by atoms with E-state index in [0.29, 0.717) is 10.9 Å². The molecule has 30 heavy (non-hydrogen) atoms. The van der Waals surface area contributed by atoms with Crippen molar-refractivity contribution in [1.82, 2.24) is 9.97 Å². The molecule has 3 aromatic rings. The molecule has 1 amide bonds. The predicted octanol–water partition coefficient (Wildman–Crippen LogP) is 4.14. The average Bonchev–Trinajstić information content (AvgIpc) is 2.67. The van der Waals surface area contributed by atoms with Crippen molar-refractivity contribution in [2.24, 2.45) is 0 Å². The molecule has 156 valence electrons. The van der Waals surface area contributed by atoms with Crippen LogP contribution in [0.1, 0.15) is 11.3 Å². The number of halogens is 3. The van der Waals surface area contributed by atoms with E-state index in [9.17, 15) is 22.8 Å². The van der Waals surface area contributed by atoms with Gasteiger partial charge in [0.25, 0.3) is 5.56 Å². The fourth-order valence-electron chi connectivity index (χ4n) is 2.48. The van der Waals surface area contributed by atoms with E-state index in [0.717, 1.165) is 17.7 Å². The van der Waals surface area contributed by atoms with Gasteiger partial charge in [0.1, 0.15) is 5.75 Å². The number of carbonyl (C=O) groups excluding carboxylic acids is 1. The second kappa shape index (κ2) is 9.49. The summed E-state index contributed by atoms with van der Waals surface area (Å²) in [5.74, 6) is -0.250. The topological polar surface area (TPSA) is 84.1 Å². The number of hydrogen-bond donors (Lipinski definition) is 2. The lowest BCUT2D eigenvalue weighted by Gasteiger charge is -2.10. The Hall–Kier alpha value is -3.27. The van der Waals surface area contributed by atoms with Crippen molar-refractivity contribution in [3.8, 4) is 5.75 Å². The van der Waals surface area contributed by atoms with Crippen LogP contribution in [0.15, 0.2) is 70.6 Å². The first-order valence-electron chi connectivity index (χ1n) is 8.69. The number of anilines is 1. The molecular weight excluding hydrogens is 419 g/mol. The molecular formula is C20H16F3N3O3S. The number of hydrogen-bond acceptors (Lipinski definition) is 5. The fourth-order valence-corrected chi connectivity index (χ4v) is 3.33. The predicted molar refractivity (Wildman–Crippen MR) is 106 cm³/mol. The maximum Gasteiger partial charge on any atom is 0.573 e. The van der Waals surface area contributed by atoms with Gasteiger partial charge >= 0.3 is 6.36 Å². The molecule has 0 bridgehead atoms. The van der Waals surface area contributed by atoms with Crippen molar-refractivity contribution in [3.05, 3.63) is 82.3 Å². The highest BCUT2D eigenvalue weighted by Crippen LogP contribution is 2.24. The van der Waals surface area contributed by atoms with Crippen molar-refractivity contribution in [2.75, 3.05) is 5.32 Å². The molecule has 10 heteroatoms. The summed E-state index contributed by atoms with van der Waals surface area (Å²) in [6.45, 7) is 0. The van der Waals surface area contributed by atoms with Crippen LogP contribution in [0.5, 0.6) is 5.75 Å². The van der Waals surface area contributed by atoms with Crippen LogP contribution in [0.25, 0.3) is 0 Å². The molecule has 0 aliphatic rings. The number of aromatic amines is 1. The quantitative estimate of drug-likeness (QED) is 0.431. The molecule has 3 rings (SSSR count). The zero-order valence-corrected chi connectivity index (χ0v) is 16.2. The summed E-state index contributed by atoms with van der Waals surface area (Å²) < 4.78 is 40.3. The molecule has 2 N–H and O–H groups in total. The van der Waals surface area contributed by atoms with E-state index in [2.05, 4.69) is 20.0 Å². The number of alkyl halides is 3. The van der Waals surface area contributed by atoms with E-state index >= 15 is 0 Å². The van der Waals surface area contributed by atoms with Crippen molar-refractivity contribution in [1.29, 1.82) is 0 Å². The Labute approximate surface area is 173 Å². The van der Waals surface area contributed by atoms with Gasteiger partial charge in [-0.25, -0.2) is 4.98 Å². The van der Waals surface area contributed by atoms with Crippen molar-refractivity contribution in [2.45, 2.75) is 23.7 Å². The Bertz CT molecular complexity index is 1050.